The Morgan fingerprint density at radius 2 is 2.00 bits per heavy atom. The van der Waals surface area contributed by atoms with Crippen LogP contribution < -0.4 is 4.74 Å². The first-order valence-corrected chi connectivity index (χ1v) is 11.2. The number of amides is 1. The predicted octanol–water partition coefficient (Wildman–Crippen LogP) is 3.55. The van der Waals surface area contributed by atoms with Gasteiger partial charge in [-0.3, -0.25) is 4.79 Å². The van der Waals surface area contributed by atoms with E-state index >= 15 is 0 Å². The number of nitrogens with zero attached hydrogens (tertiary/aromatic N) is 1. The van der Waals surface area contributed by atoms with Crippen LogP contribution in [0.3, 0.4) is 0 Å². The van der Waals surface area contributed by atoms with Crippen molar-refractivity contribution in [3.05, 3.63) is 29.6 Å². The van der Waals surface area contributed by atoms with Crippen molar-refractivity contribution in [1.29, 1.82) is 0 Å². The molecule has 0 unspecified atom stereocenters. The van der Waals surface area contributed by atoms with Crippen LogP contribution in [0.1, 0.15) is 63.2 Å². The molecule has 1 amide bonds. The normalized spacial score (nSPS) is 30.7. The highest BCUT2D eigenvalue weighted by atomic mass is 19.1. The molecule has 3 heterocycles. The first-order valence-electron chi connectivity index (χ1n) is 11.2. The van der Waals surface area contributed by atoms with Crippen LogP contribution in [0, 0.1) is 11.2 Å². The fourth-order valence-corrected chi connectivity index (χ4v) is 5.29. The molecule has 3 saturated heterocycles. The molecule has 1 aromatic rings. The SMILES string of the molecule is COc1ccc(C(=O)N2CCC3(CC2)CO[C@H]([C@@]2(C)CC[C@@H](C(C)(C)O)O2)C3)cc1F. The molecule has 172 valence electrons. The number of ether oxygens (including phenoxy) is 3. The maximum absolute atomic E-state index is 14.0. The van der Waals surface area contributed by atoms with Gasteiger partial charge in [-0.1, -0.05) is 0 Å². The molecule has 0 aliphatic carbocycles. The van der Waals surface area contributed by atoms with E-state index in [4.69, 9.17) is 14.2 Å². The number of carbonyl (C=O) groups excluding carboxylic acids is 1. The lowest BCUT2D eigenvalue weighted by molar-refractivity contribution is -0.155. The summed E-state index contributed by atoms with van der Waals surface area (Å²) in [4.78, 5) is 14.7. The van der Waals surface area contributed by atoms with Crippen molar-refractivity contribution < 1.29 is 28.5 Å². The van der Waals surface area contributed by atoms with Crippen molar-refractivity contribution in [1.82, 2.24) is 4.90 Å². The van der Waals surface area contributed by atoms with Crippen molar-refractivity contribution >= 4 is 5.91 Å². The smallest absolute Gasteiger partial charge is 0.253 e. The Labute approximate surface area is 183 Å². The van der Waals surface area contributed by atoms with E-state index in [2.05, 4.69) is 6.92 Å². The molecule has 3 atom stereocenters. The predicted molar refractivity (Wildman–Crippen MR) is 114 cm³/mol. The average Bonchev–Trinajstić information content (AvgIpc) is 3.33. The lowest BCUT2D eigenvalue weighted by Crippen LogP contribution is -2.45. The van der Waals surface area contributed by atoms with E-state index in [0.717, 1.165) is 32.1 Å². The Morgan fingerprint density at radius 3 is 2.58 bits per heavy atom. The molecule has 4 rings (SSSR count). The summed E-state index contributed by atoms with van der Waals surface area (Å²) in [7, 11) is 1.41. The highest BCUT2D eigenvalue weighted by Crippen LogP contribution is 2.49. The van der Waals surface area contributed by atoms with Crippen LogP contribution in [0.15, 0.2) is 18.2 Å². The molecule has 1 N–H and O–H groups in total. The van der Waals surface area contributed by atoms with Gasteiger partial charge in [0.25, 0.3) is 5.91 Å². The maximum atomic E-state index is 14.0. The van der Waals surface area contributed by atoms with Crippen molar-refractivity contribution in [3.63, 3.8) is 0 Å². The van der Waals surface area contributed by atoms with Crippen molar-refractivity contribution in [2.24, 2.45) is 5.41 Å². The summed E-state index contributed by atoms with van der Waals surface area (Å²) in [6.45, 7) is 7.62. The van der Waals surface area contributed by atoms with Crippen LogP contribution in [-0.2, 0) is 9.47 Å². The van der Waals surface area contributed by atoms with Gasteiger partial charge in [-0.25, -0.2) is 4.39 Å². The first kappa shape index (κ1) is 22.5. The third-order valence-corrected chi connectivity index (χ3v) is 7.50. The van der Waals surface area contributed by atoms with Crippen LogP contribution in [0.5, 0.6) is 5.75 Å². The summed E-state index contributed by atoms with van der Waals surface area (Å²) in [6, 6.07) is 4.35. The summed E-state index contributed by atoms with van der Waals surface area (Å²) in [6.07, 6.45) is 4.14. The molecule has 3 aliphatic rings. The third-order valence-electron chi connectivity index (χ3n) is 7.50. The Bertz CT molecular complexity index is 830. The van der Waals surface area contributed by atoms with E-state index in [1.165, 1.54) is 19.2 Å². The van der Waals surface area contributed by atoms with Crippen molar-refractivity contribution in [2.45, 2.75) is 76.3 Å². The van der Waals surface area contributed by atoms with E-state index in [9.17, 15) is 14.3 Å². The topological polar surface area (TPSA) is 68.2 Å². The molecular formula is C24H34FNO5. The monoisotopic (exact) mass is 435 g/mol. The molecule has 1 spiro atoms. The molecule has 3 fully saturated rings. The maximum Gasteiger partial charge on any atom is 0.253 e. The van der Waals surface area contributed by atoms with Crippen molar-refractivity contribution in [3.8, 4) is 5.75 Å². The zero-order valence-corrected chi connectivity index (χ0v) is 18.9. The molecule has 31 heavy (non-hydrogen) atoms. The molecule has 3 aliphatic heterocycles. The highest BCUT2D eigenvalue weighted by Gasteiger charge is 2.53. The standard InChI is InChI=1S/C24H34FNO5/c1-22(2,28)19-7-8-23(3,31-19)20-14-24(15-30-20)9-11-26(12-10-24)21(27)16-5-6-18(29-4)17(25)13-16/h5-6,13,19-20,28H,7-12,14-15H2,1-4H3/t19-,20-,23+/m0/s1. The lowest BCUT2D eigenvalue weighted by Gasteiger charge is -2.39. The molecule has 0 bridgehead atoms. The Kier molecular flexibility index (Phi) is 5.82. The minimum absolute atomic E-state index is 0.00205. The van der Waals surface area contributed by atoms with Crippen LogP contribution in [0.25, 0.3) is 0 Å². The van der Waals surface area contributed by atoms with Crippen LogP contribution in [-0.4, -0.2) is 66.1 Å². The molecule has 1 aromatic carbocycles. The van der Waals surface area contributed by atoms with E-state index in [1.807, 2.05) is 0 Å². The number of piperidine rings is 1. The first-order chi connectivity index (χ1) is 14.6. The van der Waals surface area contributed by atoms with Crippen LogP contribution in [0.2, 0.25) is 0 Å². The number of aliphatic hydroxyl groups is 1. The molecular weight excluding hydrogens is 401 g/mol. The zero-order valence-electron chi connectivity index (χ0n) is 18.9. The molecule has 0 radical (unpaired) electrons. The van der Waals surface area contributed by atoms with Gasteiger partial charge in [-0.05, 0) is 76.5 Å². The number of carbonyl (C=O) groups is 1. The van der Waals surface area contributed by atoms with Crippen molar-refractivity contribution in [2.75, 3.05) is 26.8 Å². The Balaban J connectivity index is 1.36. The van der Waals surface area contributed by atoms with Crippen LogP contribution in [0.4, 0.5) is 4.39 Å². The fourth-order valence-electron chi connectivity index (χ4n) is 5.29. The quantitative estimate of drug-likeness (QED) is 0.783. The zero-order chi connectivity index (χ0) is 22.4. The van der Waals surface area contributed by atoms with Gasteiger partial charge < -0.3 is 24.2 Å². The van der Waals surface area contributed by atoms with Gasteiger partial charge in [0.15, 0.2) is 11.6 Å². The van der Waals surface area contributed by atoms with Gasteiger partial charge in [-0.15, -0.1) is 0 Å². The Hall–Kier alpha value is -1.70. The van der Waals surface area contributed by atoms with Gasteiger partial charge >= 0.3 is 0 Å². The number of halogens is 1. The minimum Gasteiger partial charge on any atom is -0.494 e. The summed E-state index contributed by atoms with van der Waals surface area (Å²) < 4.78 is 31.5. The third kappa shape index (κ3) is 4.32. The van der Waals surface area contributed by atoms with Gasteiger partial charge in [0.2, 0.25) is 0 Å². The van der Waals surface area contributed by atoms with Gasteiger partial charge in [-0.2, -0.15) is 0 Å². The molecule has 0 saturated carbocycles. The molecule has 7 heteroatoms. The largest absolute Gasteiger partial charge is 0.494 e. The van der Waals surface area contributed by atoms with Crippen LogP contribution >= 0.6 is 0 Å². The highest BCUT2D eigenvalue weighted by molar-refractivity contribution is 5.94. The summed E-state index contributed by atoms with van der Waals surface area (Å²) in [5.41, 5.74) is -0.854. The summed E-state index contributed by atoms with van der Waals surface area (Å²) in [5.74, 6) is -0.535. The van der Waals surface area contributed by atoms with Gasteiger partial charge in [0.1, 0.15) is 0 Å². The number of likely N-dealkylation sites (tertiary alicyclic amines) is 1. The summed E-state index contributed by atoms with van der Waals surface area (Å²) >= 11 is 0. The number of benzene rings is 1. The number of rotatable bonds is 4. The second-order valence-corrected chi connectivity index (χ2v) is 10.3. The van der Waals surface area contributed by atoms with Gasteiger partial charge in [0, 0.05) is 18.7 Å². The number of hydrogen-bond acceptors (Lipinski definition) is 5. The number of hydrogen-bond donors (Lipinski definition) is 1. The van der Waals surface area contributed by atoms with E-state index in [1.54, 1.807) is 24.8 Å². The van der Waals surface area contributed by atoms with E-state index < -0.39 is 11.4 Å². The second kappa shape index (κ2) is 8.01. The minimum atomic E-state index is -0.860. The average molecular weight is 436 g/mol. The fraction of sp³-hybridized carbons (Fsp3) is 0.708. The van der Waals surface area contributed by atoms with E-state index in [-0.39, 0.29) is 34.9 Å². The summed E-state index contributed by atoms with van der Waals surface area (Å²) in [5, 5.41) is 10.3. The van der Waals surface area contributed by atoms with Gasteiger partial charge in [0.05, 0.1) is 37.1 Å². The van der Waals surface area contributed by atoms with E-state index in [0.29, 0.717) is 25.3 Å². The number of methoxy groups -OCH3 is 1. The molecule has 6 nitrogen and oxygen atoms in total. The second-order valence-electron chi connectivity index (χ2n) is 10.3. The molecule has 0 aromatic heterocycles. The Morgan fingerprint density at radius 1 is 1.29 bits per heavy atom. The lowest BCUT2D eigenvalue weighted by atomic mass is 9.74.